The molecule has 1 atom stereocenters. The largest absolute Gasteiger partial charge is 0.350 e. The Morgan fingerprint density at radius 2 is 2.33 bits per heavy atom. The number of halogens is 2. The van der Waals surface area contributed by atoms with Gasteiger partial charge in [0.15, 0.2) is 0 Å². The Morgan fingerprint density at radius 3 is 3.00 bits per heavy atom. The van der Waals surface area contributed by atoms with Crippen molar-refractivity contribution >= 4 is 29.9 Å². The zero-order chi connectivity index (χ0) is 12.3. The molecule has 0 bridgehead atoms. The maximum atomic E-state index is 12.0. The molecule has 5 heteroatoms. The SMILES string of the molecule is Cc1ccc(Cl)cc1C(=O)NCC1CCCN1.Cl. The van der Waals surface area contributed by atoms with E-state index in [1.807, 2.05) is 13.0 Å². The lowest BCUT2D eigenvalue weighted by Gasteiger charge is -2.12. The minimum atomic E-state index is -0.0429. The van der Waals surface area contributed by atoms with Crippen LogP contribution in [0.5, 0.6) is 0 Å². The van der Waals surface area contributed by atoms with Crippen LogP contribution in [0.1, 0.15) is 28.8 Å². The maximum Gasteiger partial charge on any atom is 0.251 e. The molecule has 0 aliphatic carbocycles. The molecule has 1 saturated heterocycles. The van der Waals surface area contributed by atoms with Crippen molar-refractivity contribution in [1.82, 2.24) is 10.6 Å². The van der Waals surface area contributed by atoms with E-state index < -0.39 is 0 Å². The Kier molecular flexibility index (Phi) is 5.93. The molecule has 1 aliphatic heterocycles. The highest BCUT2D eigenvalue weighted by Gasteiger charge is 2.16. The highest BCUT2D eigenvalue weighted by molar-refractivity contribution is 6.31. The number of carbonyl (C=O) groups is 1. The van der Waals surface area contributed by atoms with Crippen LogP contribution in [0, 0.1) is 6.92 Å². The Morgan fingerprint density at radius 1 is 1.56 bits per heavy atom. The summed E-state index contributed by atoms with van der Waals surface area (Å²) in [4.78, 5) is 12.0. The van der Waals surface area contributed by atoms with Crippen LogP contribution in [0.4, 0.5) is 0 Å². The van der Waals surface area contributed by atoms with Crippen LogP contribution < -0.4 is 10.6 Å². The van der Waals surface area contributed by atoms with Gasteiger partial charge in [-0.25, -0.2) is 0 Å². The molecule has 1 fully saturated rings. The molecule has 1 amide bonds. The van der Waals surface area contributed by atoms with Gasteiger partial charge in [0.2, 0.25) is 0 Å². The molecule has 0 aromatic heterocycles. The van der Waals surface area contributed by atoms with Gasteiger partial charge >= 0.3 is 0 Å². The second-order valence-electron chi connectivity index (χ2n) is 4.46. The van der Waals surface area contributed by atoms with Crippen LogP contribution in [0.25, 0.3) is 0 Å². The molecular formula is C13H18Cl2N2O. The van der Waals surface area contributed by atoms with Crippen LogP contribution >= 0.6 is 24.0 Å². The first kappa shape index (κ1) is 15.3. The smallest absolute Gasteiger partial charge is 0.251 e. The lowest BCUT2D eigenvalue weighted by molar-refractivity contribution is 0.0949. The molecule has 1 heterocycles. The molecule has 18 heavy (non-hydrogen) atoms. The first-order valence-electron chi connectivity index (χ1n) is 5.94. The minimum absolute atomic E-state index is 0. The summed E-state index contributed by atoms with van der Waals surface area (Å²) in [5.74, 6) is -0.0429. The van der Waals surface area contributed by atoms with Gasteiger partial charge in [0, 0.05) is 23.2 Å². The summed E-state index contributed by atoms with van der Waals surface area (Å²) in [6.07, 6.45) is 2.32. The van der Waals surface area contributed by atoms with Crippen molar-refractivity contribution in [3.8, 4) is 0 Å². The molecular weight excluding hydrogens is 271 g/mol. The van der Waals surface area contributed by atoms with Crippen LogP contribution in [0.3, 0.4) is 0 Å². The van der Waals surface area contributed by atoms with Gasteiger partial charge in [-0.3, -0.25) is 4.79 Å². The molecule has 0 radical (unpaired) electrons. The first-order chi connectivity index (χ1) is 8.16. The van der Waals surface area contributed by atoms with E-state index in [-0.39, 0.29) is 18.3 Å². The summed E-state index contributed by atoms with van der Waals surface area (Å²) in [6.45, 7) is 3.65. The number of hydrogen-bond donors (Lipinski definition) is 2. The third kappa shape index (κ3) is 3.87. The van der Waals surface area contributed by atoms with Crippen molar-refractivity contribution in [3.63, 3.8) is 0 Å². The van der Waals surface area contributed by atoms with Gasteiger partial charge in [0.05, 0.1) is 0 Å². The van der Waals surface area contributed by atoms with Gasteiger partial charge in [-0.15, -0.1) is 12.4 Å². The molecule has 100 valence electrons. The Hall–Kier alpha value is -0.770. The predicted octanol–water partition coefficient (Wildman–Crippen LogP) is 2.55. The quantitative estimate of drug-likeness (QED) is 0.898. The Bertz CT molecular complexity index is 417. The zero-order valence-electron chi connectivity index (χ0n) is 10.3. The number of hydrogen-bond acceptors (Lipinski definition) is 2. The van der Waals surface area contributed by atoms with Crippen LogP contribution in [-0.2, 0) is 0 Å². The Labute approximate surface area is 119 Å². The molecule has 2 rings (SSSR count). The monoisotopic (exact) mass is 288 g/mol. The topological polar surface area (TPSA) is 41.1 Å². The van der Waals surface area contributed by atoms with Crippen molar-refractivity contribution in [2.24, 2.45) is 0 Å². The second-order valence-corrected chi connectivity index (χ2v) is 4.90. The summed E-state index contributed by atoms with van der Waals surface area (Å²) in [6, 6.07) is 5.80. The Balaban J connectivity index is 0.00000162. The lowest BCUT2D eigenvalue weighted by Crippen LogP contribution is -2.37. The normalized spacial score (nSPS) is 18.2. The first-order valence-corrected chi connectivity index (χ1v) is 6.32. The van der Waals surface area contributed by atoms with Crippen molar-refractivity contribution in [2.75, 3.05) is 13.1 Å². The fourth-order valence-corrected chi connectivity index (χ4v) is 2.25. The third-order valence-electron chi connectivity index (χ3n) is 3.12. The average Bonchev–Trinajstić information content (AvgIpc) is 2.82. The van der Waals surface area contributed by atoms with E-state index in [2.05, 4.69) is 10.6 Å². The van der Waals surface area contributed by atoms with Gasteiger partial charge < -0.3 is 10.6 Å². The van der Waals surface area contributed by atoms with Crippen LogP contribution in [0.2, 0.25) is 5.02 Å². The maximum absolute atomic E-state index is 12.0. The summed E-state index contributed by atoms with van der Waals surface area (Å²) in [7, 11) is 0. The zero-order valence-corrected chi connectivity index (χ0v) is 11.9. The molecule has 1 aliphatic rings. The number of benzene rings is 1. The van der Waals surface area contributed by atoms with Crippen molar-refractivity contribution < 1.29 is 4.79 Å². The van der Waals surface area contributed by atoms with E-state index in [0.29, 0.717) is 23.2 Å². The van der Waals surface area contributed by atoms with E-state index in [9.17, 15) is 4.79 Å². The summed E-state index contributed by atoms with van der Waals surface area (Å²) >= 11 is 5.90. The van der Waals surface area contributed by atoms with E-state index in [0.717, 1.165) is 18.5 Å². The third-order valence-corrected chi connectivity index (χ3v) is 3.35. The van der Waals surface area contributed by atoms with Crippen molar-refractivity contribution in [3.05, 3.63) is 34.3 Å². The van der Waals surface area contributed by atoms with Gasteiger partial charge in [0.1, 0.15) is 0 Å². The lowest BCUT2D eigenvalue weighted by atomic mass is 10.1. The summed E-state index contributed by atoms with van der Waals surface area (Å²) in [5.41, 5.74) is 1.61. The van der Waals surface area contributed by atoms with E-state index in [1.165, 1.54) is 6.42 Å². The van der Waals surface area contributed by atoms with Gasteiger partial charge in [-0.2, -0.15) is 0 Å². The van der Waals surface area contributed by atoms with Crippen LogP contribution in [0.15, 0.2) is 18.2 Å². The van der Waals surface area contributed by atoms with Gasteiger partial charge in [0.25, 0.3) is 5.91 Å². The molecule has 3 nitrogen and oxygen atoms in total. The standard InChI is InChI=1S/C13H17ClN2O.ClH/c1-9-4-5-10(14)7-12(9)13(17)16-8-11-3-2-6-15-11;/h4-5,7,11,15H,2-3,6,8H2,1H3,(H,16,17);1H. The van der Waals surface area contributed by atoms with E-state index in [1.54, 1.807) is 12.1 Å². The van der Waals surface area contributed by atoms with E-state index in [4.69, 9.17) is 11.6 Å². The minimum Gasteiger partial charge on any atom is -0.350 e. The highest BCUT2D eigenvalue weighted by atomic mass is 35.5. The molecule has 0 spiro atoms. The second kappa shape index (κ2) is 6.98. The van der Waals surface area contributed by atoms with Crippen molar-refractivity contribution in [1.29, 1.82) is 0 Å². The van der Waals surface area contributed by atoms with Crippen molar-refractivity contribution in [2.45, 2.75) is 25.8 Å². The van der Waals surface area contributed by atoms with E-state index >= 15 is 0 Å². The van der Waals surface area contributed by atoms with Gasteiger partial charge in [-0.1, -0.05) is 17.7 Å². The molecule has 0 saturated carbocycles. The summed E-state index contributed by atoms with van der Waals surface area (Å²) < 4.78 is 0. The fourth-order valence-electron chi connectivity index (χ4n) is 2.08. The number of carbonyl (C=O) groups excluding carboxylic acids is 1. The molecule has 1 aromatic rings. The summed E-state index contributed by atoms with van der Waals surface area (Å²) in [5, 5.41) is 6.89. The van der Waals surface area contributed by atoms with Crippen LogP contribution in [-0.4, -0.2) is 25.0 Å². The highest BCUT2D eigenvalue weighted by Crippen LogP contribution is 2.15. The molecule has 1 aromatic carbocycles. The number of rotatable bonds is 3. The average molecular weight is 289 g/mol. The molecule has 2 N–H and O–H groups in total. The predicted molar refractivity (Wildman–Crippen MR) is 76.8 cm³/mol. The number of nitrogens with one attached hydrogen (secondary N) is 2. The number of amides is 1. The number of aryl methyl sites for hydroxylation is 1. The van der Waals surface area contributed by atoms with Gasteiger partial charge in [-0.05, 0) is 44.0 Å². The fraction of sp³-hybridized carbons (Fsp3) is 0.462. The molecule has 1 unspecified atom stereocenters.